The molecule has 0 aliphatic carbocycles. The highest BCUT2D eigenvalue weighted by molar-refractivity contribution is 6.42. The summed E-state index contributed by atoms with van der Waals surface area (Å²) >= 11 is 12.6. The molecule has 3 aromatic carbocycles. The molecule has 1 atom stereocenters. The highest BCUT2D eigenvalue weighted by Gasteiger charge is 2.30. The Morgan fingerprint density at radius 1 is 0.882 bits per heavy atom. The quantitative estimate of drug-likeness (QED) is 0.362. The second kappa shape index (κ2) is 11.4. The van der Waals surface area contributed by atoms with Crippen molar-refractivity contribution in [3.05, 3.63) is 88.4 Å². The van der Waals surface area contributed by atoms with Gasteiger partial charge in [0, 0.05) is 12.2 Å². The van der Waals surface area contributed by atoms with Crippen molar-refractivity contribution in [2.45, 2.75) is 18.9 Å². The van der Waals surface area contributed by atoms with Crippen molar-refractivity contribution in [3.63, 3.8) is 0 Å². The van der Waals surface area contributed by atoms with Crippen molar-refractivity contribution >= 4 is 34.8 Å². The molecular weight excluding hydrogens is 465 g/mol. The monoisotopic (exact) mass is 495 g/mol. The molecule has 0 saturated carbocycles. The van der Waals surface area contributed by atoms with Crippen LogP contribution in [0.2, 0.25) is 10.0 Å². The summed E-state index contributed by atoms with van der Waals surface area (Å²) in [6.07, 6.45) is 2.38. The second-order valence-electron chi connectivity index (χ2n) is 9.11. The lowest BCUT2D eigenvalue weighted by Gasteiger charge is -2.36. The molecule has 0 aromatic heterocycles. The smallest absolute Gasteiger partial charge is 0.241 e. The zero-order valence-electron chi connectivity index (χ0n) is 19.8. The number of halogens is 2. The van der Waals surface area contributed by atoms with E-state index < -0.39 is 0 Å². The number of carbonyl (C=O) groups excluding carboxylic acids is 1. The van der Waals surface area contributed by atoms with E-state index in [1.54, 1.807) is 12.1 Å². The molecule has 1 saturated heterocycles. The van der Waals surface area contributed by atoms with Crippen LogP contribution in [0.25, 0.3) is 11.1 Å². The standard InChI is InChI=1S/C28H31Cl2N3O/c1-31(2)20-28(34)33(24-13-14-25(29)26(30)18-24)27(19-32-15-6-7-16-32)23-12-8-11-22(17-23)21-9-4-3-5-10-21/h3-5,8-14,17-18,27H,6-7,15-16,19-20H2,1-2H3. The first-order valence-electron chi connectivity index (χ1n) is 11.7. The number of anilines is 1. The normalized spacial score (nSPS) is 15.0. The Bertz CT molecular complexity index is 1110. The molecule has 4 rings (SSSR count). The van der Waals surface area contributed by atoms with E-state index in [9.17, 15) is 4.79 Å². The fourth-order valence-electron chi connectivity index (χ4n) is 4.58. The van der Waals surface area contributed by atoms with Gasteiger partial charge in [0.25, 0.3) is 0 Å². The third kappa shape index (κ3) is 6.00. The maximum atomic E-state index is 13.7. The Balaban J connectivity index is 1.80. The van der Waals surface area contributed by atoms with Gasteiger partial charge >= 0.3 is 0 Å². The minimum atomic E-state index is -0.161. The first kappa shape index (κ1) is 24.7. The average Bonchev–Trinajstić information content (AvgIpc) is 3.34. The molecule has 1 aliphatic heterocycles. The van der Waals surface area contributed by atoms with Crippen LogP contribution in [0.15, 0.2) is 72.8 Å². The van der Waals surface area contributed by atoms with Crippen LogP contribution in [0.5, 0.6) is 0 Å². The lowest BCUT2D eigenvalue weighted by Crippen LogP contribution is -2.44. The van der Waals surface area contributed by atoms with Crippen LogP contribution in [-0.4, -0.2) is 56.0 Å². The number of hydrogen-bond donors (Lipinski definition) is 0. The molecule has 1 fully saturated rings. The van der Waals surface area contributed by atoms with Gasteiger partial charge in [0.15, 0.2) is 0 Å². The van der Waals surface area contributed by atoms with Crippen LogP contribution in [-0.2, 0) is 4.79 Å². The van der Waals surface area contributed by atoms with Gasteiger partial charge in [0.2, 0.25) is 5.91 Å². The van der Waals surface area contributed by atoms with Crippen molar-refractivity contribution in [2.24, 2.45) is 0 Å². The van der Waals surface area contributed by atoms with E-state index in [-0.39, 0.29) is 11.9 Å². The molecule has 1 aliphatic rings. The predicted octanol–water partition coefficient (Wildman–Crippen LogP) is 6.39. The molecule has 0 N–H and O–H groups in total. The maximum absolute atomic E-state index is 13.7. The van der Waals surface area contributed by atoms with E-state index in [4.69, 9.17) is 23.2 Å². The summed E-state index contributed by atoms with van der Waals surface area (Å²) < 4.78 is 0. The van der Waals surface area contributed by atoms with E-state index >= 15 is 0 Å². The third-order valence-electron chi connectivity index (χ3n) is 6.22. The Hall–Kier alpha value is -2.37. The maximum Gasteiger partial charge on any atom is 0.241 e. The van der Waals surface area contributed by atoms with Gasteiger partial charge in [0.05, 0.1) is 22.6 Å². The van der Waals surface area contributed by atoms with Crippen LogP contribution >= 0.6 is 23.2 Å². The zero-order valence-corrected chi connectivity index (χ0v) is 21.3. The summed E-state index contributed by atoms with van der Waals surface area (Å²) in [5, 5.41) is 0.923. The molecule has 0 bridgehead atoms. The SMILES string of the molecule is CN(C)CC(=O)N(c1ccc(Cl)c(Cl)c1)C(CN1CCCC1)c1cccc(-c2ccccc2)c1. The van der Waals surface area contributed by atoms with Crippen LogP contribution < -0.4 is 4.90 Å². The van der Waals surface area contributed by atoms with Gasteiger partial charge in [-0.25, -0.2) is 0 Å². The van der Waals surface area contributed by atoms with E-state index in [1.807, 2.05) is 48.2 Å². The number of hydrogen-bond acceptors (Lipinski definition) is 3. The zero-order chi connectivity index (χ0) is 24.1. The molecule has 3 aromatic rings. The summed E-state index contributed by atoms with van der Waals surface area (Å²) in [6.45, 7) is 3.16. The fourth-order valence-corrected chi connectivity index (χ4v) is 4.87. The molecule has 0 radical (unpaired) electrons. The number of amides is 1. The molecule has 178 valence electrons. The number of carbonyl (C=O) groups is 1. The van der Waals surface area contributed by atoms with E-state index in [1.165, 1.54) is 12.8 Å². The van der Waals surface area contributed by atoms with Gasteiger partial charge in [-0.1, -0.05) is 71.7 Å². The summed E-state index contributed by atoms with van der Waals surface area (Å²) in [5.74, 6) is 0.0256. The largest absolute Gasteiger partial charge is 0.302 e. The molecule has 6 heteroatoms. The van der Waals surface area contributed by atoms with Crippen molar-refractivity contribution < 1.29 is 4.79 Å². The third-order valence-corrected chi connectivity index (χ3v) is 6.96. The van der Waals surface area contributed by atoms with Gasteiger partial charge in [-0.2, -0.15) is 0 Å². The van der Waals surface area contributed by atoms with Gasteiger partial charge in [-0.3, -0.25) is 4.79 Å². The molecule has 34 heavy (non-hydrogen) atoms. The van der Waals surface area contributed by atoms with Crippen molar-refractivity contribution in [3.8, 4) is 11.1 Å². The van der Waals surface area contributed by atoms with Crippen LogP contribution in [0.3, 0.4) is 0 Å². The highest BCUT2D eigenvalue weighted by atomic mass is 35.5. The number of likely N-dealkylation sites (tertiary alicyclic amines) is 1. The van der Waals surface area contributed by atoms with E-state index in [0.29, 0.717) is 16.6 Å². The summed E-state index contributed by atoms with van der Waals surface area (Å²) in [6, 6.07) is 24.2. The molecule has 4 nitrogen and oxygen atoms in total. The van der Waals surface area contributed by atoms with Crippen molar-refractivity contribution in [2.75, 3.05) is 45.2 Å². The van der Waals surface area contributed by atoms with Crippen LogP contribution in [0.1, 0.15) is 24.4 Å². The minimum Gasteiger partial charge on any atom is -0.302 e. The lowest BCUT2D eigenvalue weighted by atomic mass is 9.97. The van der Waals surface area contributed by atoms with Crippen LogP contribution in [0, 0.1) is 0 Å². The Morgan fingerprint density at radius 2 is 1.59 bits per heavy atom. The van der Waals surface area contributed by atoms with Crippen LogP contribution in [0.4, 0.5) is 5.69 Å². The van der Waals surface area contributed by atoms with Crippen molar-refractivity contribution in [1.82, 2.24) is 9.80 Å². The summed E-state index contributed by atoms with van der Waals surface area (Å²) in [7, 11) is 3.83. The summed E-state index contributed by atoms with van der Waals surface area (Å²) in [4.78, 5) is 19.9. The molecule has 1 unspecified atom stereocenters. The molecule has 1 amide bonds. The lowest BCUT2D eigenvalue weighted by molar-refractivity contribution is -0.119. The number of nitrogens with zero attached hydrogens (tertiary/aromatic N) is 3. The van der Waals surface area contributed by atoms with E-state index in [0.717, 1.165) is 42.0 Å². The number of rotatable bonds is 8. The van der Waals surface area contributed by atoms with Gasteiger partial charge in [-0.05, 0) is 81.0 Å². The van der Waals surface area contributed by atoms with Crippen molar-refractivity contribution in [1.29, 1.82) is 0 Å². The topological polar surface area (TPSA) is 26.8 Å². The van der Waals surface area contributed by atoms with Gasteiger partial charge in [-0.15, -0.1) is 0 Å². The highest BCUT2D eigenvalue weighted by Crippen LogP contribution is 2.35. The number of benzene rings is 3. The minimum absolute atomic E-state index is 0.0256. The Labute approximate surface area is 212 Å². The molecule has 1 heterocycles. The van der Waals surface area contributed by atoms with Gasteiger partial charge < -0.3 is 14.7 Å². The number of likely N-dealkylation sites (N-methyl/N-ethyl adjacent to an activating group) is 1. The molecule has 0 spiro atoms. The second-order valence-corrected chi connectivity index (χ2v) is 9.93. The fraction of sp³-hybridized carbons (Fsp3) is 0.321. The Kier molecular flexibility index (Phi) is 8.28. The van der Waals surface area contributed by atoms with Gasteiger partial charge in [0.1, 0.15) is 0 Å². The first-order chi connectivity index (χ1) is 16.4. The molecular formula is C28H31Cl2N3O. The Morgan fingerprint density at radius 3 is 2.26 bits per heavy atom. The average molecular weight is 496 g/mol. The summed E-state index contributed by atoms with van der Waals surface area (Å²) in [5.41, 5.74) is 4.16. The van der Waals surface area contributed by atoms with E-state index in [2.05, 4.69) is 41.3 Å². The predicted molar refractivity (Wildman–Crippen MR) is 143 cm³/mol. The first-order valence-corrected chi connectivity index (χ1v) is 12.5.